The van der Waals surface area contributed by atoms with Crippen LogP contribution in [0, 0.1) is 23.7 Å². The number of rotatable bonds is 22. The van der Waals surface area contributed by atoms with E-state index in [0.29, 0.717) is 37.7 Å². The first-order valence-electron chi connectivity index (χ1n) is 16.2. The molecule has 7 heteroatoms. The van der Waals surface area contributed by atoms with Crippen LogP contribution >= 0.6 is 0 Å². The molecule has 0 aromatic rings. The molecule has 0 bridgehead atoms. The average Bonchev–Trinajstić information content (AvgIpc) is 2.98. The van der Waals surface area contributed by atoms with Crippen LogP contribution in [0.25, 0.3) is 0 Å². The van der Waals surface area contributed by atoms with Crippen LogP contribution in [0.15, 0.2) is 59.8 Å². The van der Waals surface area contributed by atoms with E-state index in [1.807, 2.05) is 58.9 Å². The summed E-state index contributed by atoms with van der Waals surface area (Å²) in [5.41, 5.74) is 2.40. The fourth-order valence-electron chi connectivity index (χ4n) is 4.93. The fraction of sp³-hybridized carbons (Fsp3) is 0.676. The molecule has 0 rings (SSSR count). The van der Waals surface area contributed by atoms with Crippen LogP contribution in [0.1, 0.15) is 102 Å². The van der Waals surface area contributed by atoms with Crippen LogP contribution < -0.4 is 0 Å². The van der Waals surface area contributed by atoms with Gasteiger partial charge in [-0.3, -0.25) is 9.59 Å². The van der Waals surface area contributed by atoms with Crippen molar-refractivity contribution in [3.05, 3.63) is 59.8 Å². The van der Waals surface area contributed by atoms with E-state index in [4.69, 9.17) is 14.2 Å². The van der Waals surface area contributed by atoms with Gasteiger partial charge in [-0.25, -0.2) is 0 Å². The molecule has 2 N–H and O–H groups in total. The lowest BCUT2D eigenvalue weighted by atomic mass is 9.95. The number of carbonyl (C=O) groups is 2. The van der Waals surface area contributed by atoms with Crippen molar-refractivity contribution >= 4 is 12.3 Å². The largest absolute Gasteiger partial charge is 0.462 e. The summed E-state index contributed by atoms with van der Waals surface area (Å²) >= 11 is 0. The molecule has 0 saturated heterocycles. The zero-order valence-corrected chi connectivity index (χ0v) is 29.3. The zero-order valence-electron chi connectivity index (χ0n) is 29.3. The smallest absolute Gasteiger partial charge is 0.315 e. The van der Waals surface area contributed by atoms with Gasteiger partial charge in [0.15, 0.2) is 5.79 Å². The molecule has 0 saturated carbocycles. The standard InChI is InChI=1S/C37H62O7/c1-13-31(43-36(41)32(33(39)14-2)22-28(10)24-38)23-37(15-3,44-35(26(6)7)27(8)9)42-21-17-20-30(12)34(40)29(11)19-16-18-25(4)5/h15-16,18-20,22,24,26-27,29,31-35,39-40H,3,13-14,17,21,23H2,1-2,4-12H3/b19-16?,28-22-,30-20+. The van der Waals surface area contributed by atoms with Crippen molar-refractivity contribution in [3.63, 3.8) is 0 Å². The van der Waals surface area contributed by atoms with Crippen LogP contribution in [0.4, 0.5) is 0 Å². The normalized spacial score (nSPS) is 17.7. The average molecular weight is 619 g/mol. The van der Waals surface area contributed by atoms with E-state index in [1.54, 1.807) is 19.9 Å². The lowest BCUT2D eigenvalue weighted by Crippen LogP contribution is -2.45. The summed E-state index contributed by atoms with van der Waals surface area (Å²) in [4.78, 5) is 24.5. The van der Waals surface area contributed by atoms with E-state index in [0.717, 1.165) is 5.57 Å². The Balaban J connectivity index is 6.03. The Morgan fingerprint density at radius 3 is 2.07 bits per heavy atom. The predicted octanol–water partition coefficient (Wildman–Crippen LogP) is 7.68. The Morgan fingerprint density at radius 2 is 1.59 bits per heavy atom. The summed E-state index contributed by atoms with van der Waals surface area (Å²) in [6.45, 7) is 25.9. The number of aliphatic hydroxyl groups is 2. The second-order valence-corrected chi connectivity index (χ2v) is 12.8. The molecule has 0 aliphatic carbocycles. The Morgan fingerprint density at radius 1 is 0.977 bits per heavy atom. The van der Waals surface area contributed by atoms with Crippen molar-refractivity contribution in [3.8, 4) is 0 Å². The van der Waals surface area contributed by atoms with Crippen molar-refractivity contribution in [1.29, 1.82) is 0 Å². The number of esters is 1. The number of carbonyl (C=O) groups excluding carboxylic acids is 2. The molecule has 6 unspecified atom stereocenters. The summed E-state index contributed by atoms with van der Waals surface area (Å²) in [7, 11) is 0. The highest BCUT2D eigenvalue weighted by Gasteiger charge is 2.38. The highest BCUT2D eigenvalue weighted by Crippen LogP contribution is 2.32. The first-order valence-corrected chi connectivity index (χ1v) is 16.2. The predicted molar refractivity (Wildman–Crippen MR) is 180 cm³/mol. The maximum Gasteiger partial charge on any atom is 0.315 e. The van der Waals surface area contributed by atoms with E-state index < -0.39 is 36.0 Å². The van der Waals surface area contributed by atoms with Crippen molar-refractivity contribution in [2.45, 2.75) is 132 Å². The highest BCUT2D eigenvalue weighted by molar-refractivity contribution is 5.79. The van der Waals surface area contributed by atoms with Crippen molar-refractivity contribution in [2.24, 2.45) is 23.7 Å². The molecule has 6 atom stereocenters. The van der Waals surface area contributed by atoms with E-state index in [1.165, 1.54) is 11.6 Å². The maximum absolute atomic E-state index is 13.2. The van der Waals surface area contributed by atoms with E-state index in [2.05, 4.69) is 34.3 Å². The van der Waals surface area contributed by atoms with Crippen molar-refractivity contribution in [2.75, 3.05) is 6.61 Å². The molecular weight excluding hydrogens is 556 g/mol. The molecule has 0 aromatic heterocycles. The maximum atomic E-state index is 13.2. The third-order valence-corrected chi connectivity index (χ3v) is 7.68. The highest BCUT2D eigenvalue weighted by atomic mass is 16.7. The third kappa shape index (κ3) is 15.1. The lowest BCUT2D eigenvalue weighted by Gasteiger charge is -2.39. The monoisotopic (exact) mass is 618 g/mol. The van der Waals surface area contributed by atoms with Gasteiger partial charge >= 0.3 is 5.97 Å². The topological polar surface area (TPSA) is 102 Å². The second kappa shape index (κ2) is 21.4. The molecule has 0 spiro atoms. The first-order chi connectivity index (χ1) is 20.6. The minimum absolute atomic E-state index is 0.0450. The van der Waals surface area contributed by atoms with Gasteiger partial charge in [0.25, 0.3) is 0 Å². The van der Waals surface area contributed by atoms with Gasteiger partial charge in [-0.2, -0.15) is 0 Å². The molecule has 0 amide bonds. The summed E-state index contributed by atoms with van der Waals surface area (Å²) in [6.07, 6.45) is 10.9. The zero-order chi connectivity index (χ0) is 34.0. The van der Waals surface area contributed by atoms with Gasteiger partial charge in [0.05, 0.1) is 24.9 Å². The number of ether oxygens (including phenoxy) is 3. The van der Waals surface area contributed by atoms with Gasteiger partial charge in [-0.05, 0) is 76.0 Å². The minimum Gasteiger partial charge on any atom is -0.462 e. The number of allylic oxidation sites excluding steroid dienone is 4. The Labute approximate surface area is 268 Å². The number of aliphatic hydroxyl groups excluding tert-OH is 2. The molecular formula is C37H62O7. The Kier molecular flexibility index (Phi) is 20.3. The molecule has 44 heavy (non-hydrogen) atoms. The van der Waals surface area contributed by atoms with E-state index in [9.17, 15) is 19.8 Å². The van der Waals surface area contributed by atoms with E-state index in [-0.39, 0.29) is 30.3 Å². The quantitative estimate of drug-likeness (QED) is 0.0244. The molecule has 0 aliphatic rings. The van der Waals surface area contributed by atoms with Gasteiger partial charge in [0, 0.05) is 12.3 Å². The van der Waals surface area contributed by atoms with Crippen molar-refractivity contribution in [1.82, 2.24) is 0 Å². The molecule has 0 aliphatic heterocycles. The van der Waals surface area contributed by atoms with Gasteiger partial charge in [0.2, 0.25) is 0 Å². The molecule has 0 heterocycles. The van der Waals surface area contributed by atoms with Crippen LogP contribution in [0.2, 0.25) is 0 Å². The van der Waals surface area contributed by atoms with Crippen LogP contribution in [-0.2, 0) is 23.8 Å². The molecule has 252 valence electrons. The van der Waals surface area contributed by atoms with Crippen LogP contribution in [-0.4, -0.2) is 59.3 Å². The van der Waals surface area contributed by atoms with Gasteiger partial charge in [-0.15, -0.1) is 0 Å². The lowest BCUT2D eigenvalue weighted by molar-refractivity contribution is -0.256. The second-order valence-electron chi connectivity index (χ2n) is 12.8. The SMILES string of the molecule is C=CC(CC(CC)OC(=O)C(/C=C(/C)C=O)C(O)CC)(OCC/C=C(\C)C(O)C(C)C=CC=C(C)C)OC(C(C)C)C(C)C. The molecule has 7 nitrogen and oxygen atoms in total. The number of hydrogen-bond donors (Lipinski definition) is 2. The van der Waals surface area contributed by atoms with Gasteiger partial charge in [-0.1, -0.05) is 91.0 Å². The Bertz CT molecular complexity index is 978. The summed E-state index contributed by atoms with van der Waals surface area (Å²) in [6, 6.07) is 0. The fourth-order valence-corrected chi connectivity index (χ4v) is 4.93. The van der Waals surface area contributed by atoms with Crippen LogP contribution in [0.3, 0.4) is 0 Å². The Hall–Kier alpha value is -2.32. The van der Waals surface area contributed by atoms with Crippen LogP contribution in [0.5, 0.6) is 0 Å². The molecule has 0 aromatic carbocycles. The van der Waals surface area contributed by atoms with Crippen molar-refractivity contribution < 1.29 is 34.0 Å². The summed E-state index contributed by atoms with van der Waals surface area (Å²) in [5.74, 6) is -2.46. The molecule has 0 radical (unpaired) electrons. The third-order valence-electron chi connectivity index (χ3n) is 7.68. The van der Waals surface area contributed by atoms with E-state index >= 15 is 0 Å². The number of aldehydes is 1. The van der Waals surface area contributed by atoms with Gasteiger partial charge in [0.1, 0.15) is 18.3 Å². The summed E-state index contributed by atoms with van der Waals surface area (Å²) < 4.78 is 19.0. The minimum atomic E-state index is -1.24. The number of hydrogen-bond acceptors (Lipinski definition) is 7. The first kappa shape index (κ1) is 41.7. The van der Waals surface area contributed by atoms with Gasteiger partial charge < -0.3 is 24.4 Å². The summed E-state index contributed by atoms with van der Waals surface area (Å²) in [5, 5.41) is 21.3. The molecule has 0 fully saturated rings.